The van der Waals surface area contributed by atoms with Gasteiger partial charge in [0.2, 0.25) is 5.91 Å². The standard InChI is InChI=1S/C22H19N3O4S3/c26-20(11-8-15-5-2-1-3-6-15)23-18-13-16(19-14-31-22(27)24-19)9-10-17(18)25-32(28,29)21-7-4-12-30-21/h1-7,9-10,12-14,25H,8,11H2,(H,23,26)(H,24,27). The molecule has 4 aromatic rings. The predicted octanol–water partition coefficient (Wildman–Crippen LogP) is 4.54. The first-order valence-electron chi connectivity index (χ1n) is 9.63. The number of amides is 1. The van der Waals surface area contributed by atoms with E-state index in [4.69, 9.17) is 0 Å². The van der Waals surface area contributed by atoms with Crippen LogP contribution in [0.1, 0.15) is 12.0 Å². The molecular formula is C22H19N3O4S3. The van der Waals surface area contributed by atoms with Gasteiger partial charge in [0, 0.05) is 17.4 Å². The number of hydrogen-bond donors (Lipinski definition) is 3. The molecule has 0 spiro atoms. The van der Waals surface area contributed by atoms with Crippen LogP contribution in [0.15, 0.2) is 80.4 Å². The molecule has 0 bridgehead atoms. The summed E-state index contributed by atoms with van der Waals surface area (Å²) in [7, 11) is -3.80. The maximum Gasteiger partial charge on any atom is 0.304 e. The lowest BCUT2D eigenvalue weighted by Gasteiger charge is -2.14. The zero-order valence-electron chi connectivity index (χ0n) is 16.7. The van der Waals surface area contributed by atoms with Crippen LogP contribution in [0.4, 0.5) is 11.4 Å². The first-order chi connectivity index (χ1) is 15.4. The highest BCUT2D eigenvalue weighted by Gasteiger charge is 2.19. The SMILES string of the molecule is O=C(CCc1ccccc1)Nc1cc(-c2csc(=O)[nH]2)ccc1NS(=O)(=O)c1cccs1. The second-order valence-electron chi connectivity index (χ2n) is 6.89. The number of aromatic amines is 1. The van der Waals surface area contributed by atoms with Crippen molar-refractivity contribution in [2.45, 2.75) is 17.1 Å². The maximum absolute atomic E-state index is 12.7. The molecule has 2 aromatic carbocycles. The second-order valence-corrected chi connectivity index (χ2v) is 10.6. The van der Waals surface area contributed by atoms with Crippen molar-refractivity contribution >= 4 is 50.0 Å². The van der Waals surface area contributed by atoms with Crippen molar-refractivity contribution in [3.63, 3.8) is 0 Å². The van der Waals surface area contributed by atoms with E-state index in [1.54, 1.807) is 35.0 Å². The zero-order valence-corrected chi connectivity index (χ0v) is 19.1. The molecule has 0 fully saturated rings. The normalized spacial score (nSPS) is 11.2. The van der Waals surface area contributed by atoms with E-state index in [1.807, 2.05) is 30.3 Å². The number of nitrogens with one attached hydrogen (secondary N) is 3. The Kier molecular flexibility index (Phi) is 6.54. The molecule has 164 valence electrons. The number of rotatable bonds is 8. The van der Waals surface area contributed by atoms with Gasteiger partial charge in [-0.15, -0.1) is 11.3 Å². The quantitative estimate of drug-likeness (QED) is 0.341. The third kappa shape index (κ3) is 5.34. The number of hydrogen-bond acceptors (Lipinski definition) is 6. The summed E-state index contributed by atoms with van der Waals surface area (Å²) in [6, 6.07) is 17.7. The Balaban J connectivity index is 1.60. The molecule has 0 saturated heterocycles. The summed E-state index contributed by atoms with van der Waals surface area (Å²) >= 11 is 2.13. The van der Waals surface area contributed by atoms with Crippen LogP contribution < -0.4 is 14.9 Å². The summed E-state index contributed by atoms with van der Waals surface area (Å²) in [6.45, 7) is 0. The average Bonchev–Trinajstić information content (AvgIpc) is 3.47. The fourth-order valence-electron chi connectivity index (χ4n) is 3.05. The Morgan fingerprint density at radius 3 is 2.47 bits per heavy atom. The number of anilines is 2. The van der Waals surface area contributed by atoms with Gasteiger partial charge in [-0.05, 0) is 35.6 Å². The minimum absolute atomic E-state index is 0.171. The van der Waals surface area contributed by atoms with Crippen LogP contribution in [0.3, 0.4) is 0 Å². The third-order valence-corrected chi connectivity index (χ3v) is 8.05. The first-order valence-corrected chi connectivity index (χ1v) is 12.9. The first kappa shape index (κ1) is 22.0. The summed E-state index contributed by atoms with van der Waals surface area (Å²) in [5, 5.41) is 6.17. The Bertz CT molecular complexity index is 1380. The Hall–Kier alpha value is -3.21. The van der Waals surface area contributed by atoms with E-state index in [9.17, 15) is 18.0 Å². The van der Waals surface area contributed by atoms with E-state index in [0.29, 0.717) is 23.4 Å². The summed E-state index contributed by atoms with van der Waals surface area (Å²) in [5.41, 5.74) is 2.83. The van der Waals surface area contributed by atoms with Crippen LogP contribution >= 0.6 is 22.7 Å². The van der Waals surface area contributed by atoms with Gasteiger partial charge in [0.25, 0.3) is 10.0 Å². The zero-order chi connectivity index (χ0) is 22.6. The van der Waals surface area contributed by atoms with Gasteiger partial charge in [0.05, 0.1) is 17.1 Å². The van der Waals surface area contributed by atoms with Crippen molar-refractivity contribution < 1.29 is 13.2 Å². The molecule has 2 heterocycles. The van der Waals surface area contributed by atoms with E-state index in [2.05, 4.69) is 15.0 Å². The molecular weight excluding hydrogens is 466 g/mol. The maximum atomic E-state index is 12.7. The molecule has 10 heteroatoms. The van der Waals surface area contributed by atoms with E-state index >= 15 is 0 Å². The number of aryl methyl sites for hydroxylation is 1. The summed E-state index contributed by atoms with van der Waals surface area (Å²) < 4.78 is 28.1. The highest BCUT2D eigenvalue weighted by Crippen LogP contribution is 2.31. The molecule has 0 unspecified atom stereocenters. The van der Waals surface area contributed by atoms with E-state index in [-0.39, 0.29) is 27.1 Å². The molecule has 3 N–H and O–H groups in total. The van der Waals surface area contributed by atoms with Gasteiger partial charge in [-0.25, -0.2) is 8.42 Å². The second kappa shape index (κ2) is 9.51. The van der Waals surface area contributed by atoms with Gasteiger partial charge in [0.1, 0.15) is 4.21 Å². The molecule has 0 saturated carbocycles. The number of carbonyl (C=O) groups excluding carboxylic acids is 1. The molecule has 2 aromatic heterocycles. The molecule has 4 rings (SSSR count). The Labute approximate surface area is 192 Å². The van der Waals surface area contributed by atoms with Crippen LogP contribution in [-0.4, -0.2) is 19.3 Å². The van der Waals surface area contributed by atoms with Crippen LogP contribution in [0.5, 0.6) is 0 Å². The van der Waals surface area contributed by atoms with Gasteiger partial charge < -0.3 is 10.3 Å². The van der Waals surface area contributed by atoms with Crippen molar-refractivity contribution in [3.8, 4) is 11.3 Å². The number of aromatic nitrogens is 1. The number of thiazole rings is 1. The lowest BCUT2D eigenvalue weighted by Crippen LogP contribution is -2.17. The Morgan fingerprint density at radius 1 is 0.969 bits per heavy atom. The topological polar surface area (TPSA) is 108 Å². The largest absolute Gasteiger partial charge is 0.324 e. The van der Waals surface area contributed by atoms with Crippen LogP contribution in [0.2, 0.25) is 0 Å². The van der Waals surface area contributed by atoms with Crippen molar-refractivity contribution in [1.29, 1.82) is 0 Å². The molecule has 0 aliphatic heterocycles. The van der Waals surface area contributed by atoms with Crippen LogP contribution in [0.25, 0.3) is 11.3 Å². The Morgan fingerprint density at radius 2 is 1.78 bits per heavy atom. The molecule has 0 radical (unpaired) electrons. The molecule has 0 aliphatic carbocycles. The van der Waals surface area contributed by atoms with Gasteiger partial charge in [0.15, 0.2) is 0 Å². The molecule has 0 aliphatic rings. The molecule has 1 amide bonds. The van der Waals surface area contributed by atoms with Gasteiger partial charge in [-0.3, -0.25) is 14.3 Å². The summed E-state index contributed by atoms with van der Waals surface area (Å²) in [4.78, 5) is 26.7. The number of carbonyl (C=O) groups is 1. The average molecular weight is 486 g/mol. The minimum Gasteiger partial charge on any atom is -0.324 e. The molecule has 7 nitrogen and oxygen atoms in total. The highest BCUT2D eigenvalue weighted by molar-refractivity contribution is 7.94. The smallest absolute Gasteiger partial charge is 0.304 e. The van der Waals surface area contributed by atoms with Gasteiger partial charge >= 0.3 is 4.87 Å². The van der Waals surface area contributed by atoms with Crippen molar-refractivity contribution in [2.24, 2.45) is 0 Å². The third-order valence-electron chi connectivity index (χ3n) is 4.61. The van der Waals surface area contributed by atoms with Gasteiger partial charge in [-0.1, -0.05) is 53.8 Å². The van der Waals surface area contributed by atoms with E-state index < -0.39 is 10.0 Å². The van der Waals surface area contributed by atoms with Crippen molar-refractivity contribution in [3.05, 3.63) is 86.7 Å². The summed E-state index contributed by atoms with van der Waals surface area (Å²) in [5.74, 6) is -0.249. The fraction of sp³-hybridized carbons (Fsp3) is 0.0909. The predicted molar refractivity (Wildman–Crippen MR) is 129 cm³/mol. The van der Waals surface area contributed by atoms with E-state index in [0.717, 1.165) is 28.2 Å². The number of sulfonamides is 1. The fourth-order valence-corrected chi connectivity index (χ4v) is 5.71. The van der Waals surface area contributed by atoms with Crippen LogP contribution in [0, 0.1) is 0 Å². The number of thiophene rings is 1. The molecule has 0 atom stereocenters. The van der Waals surface area contributed by atoms with Crippen molar-refractivity contribution in [1.82, 2.24) is 4.98 Å². The number of H-pyrrole nitrogens is 1. The van der Waals surface area contributed by atoms with Crippen LogP contribution in [-0.2, 0) is 21.2 Å². The van der Waals surface area contributed by atoms with Crippen molar-refractivity contribution in [2.75, 3.05) is 10.0 Å². The van der Waals surface area contributed by atoms with Gasteiger partial charge in [-0.2, -0.15) is 0 Å². The summed E-state index contributed by atoms with van der Waals surface area (Å²) in [6.07, 6.45) is 0.793. The number of benzene rings is 2. The monoisotopic (exact) mass is 485 g/mol. The highest BCUT2D eigenvalue weighted by atomic mass is 32.2. The lowest BCUT2D eigenvalue weighted by atomic mass is 10.1. The minimum atomic E-state index is -3.80. The van der Waals surface area contributed by atoms with E-state index in [1.165, 1.54) is 6.07 Å². The lowest BCUT2D eigenvalue weighted by molar-refractivity contribution is -0.116. The molecule has 32 heavy (non-hydrogen) atoms.